The van der Waals surface area contributed by atoms with E-state index in [2.05, 4.69) is 24.8 Å². The highest BCUT2D eigenvalue weighted by Gasteiger charge is 2.23. The van der Waals surface area contributed by atoms with Crippen molar-refractivity contribution in [2.75, 3.05) is 13.1 Å². The Balaban J connectivity index is 1.96. The smallest absolute Gasteiger partial charge is 0.118 e. The maximum atomic E-state index is 5.75. The van der Waals surface area contributed by atoms with Crippen molar-refractivity contribution in [3.8, 4) is 0 Å². The maximum absolute atomic E-state index is 5.75. The zero-order valence-corrected chi connectivity index (χ0v) is 11.2. The minimum absolute atomic E-state index is 0.572. The van der Waals surface area contributed by atoms with Gasteiger partial charge in [0, 0.05) is 18.7 Å². The Morgan fingerprint density at radius 2 is 2.18 bits per heavy atom. The van der Waals surface area contributed by atoms with Crippen LogP contribution >= 0.6 is 0 Å². The first-order chi connectivity index (χ1) is 8.10. The van der Waals surface area contributed by atoms with Crippen molar-refractivity contribution in [1.29, 1.82) is 0 Å². The monoisotopic (exact) mass is 236 g/mol. The molecule has 2 heterocycles. The molecule has 0 aromatic carbocycles. The van der Waals surface area contributed by atoms with Crippen LogP contribution in [0, 0.1) is 18.8 Å². The molecule has 1 aliphatic rings. The normalized spacial score (nSPS) is 26.4. The van der Waals surface area contributed by atoms with Gasteiger partial charge in [0.2, 0.25) is 0 Å². The van der Waals surface area contributed by atoms with Crippen LogP contribution in [0.5, 0.6) is 0 Å². The van der Waals surface area contributed by atoms with Gasteiger partial charge in [0.1, 0.15) is 11.5 Å². The minimum atomic E-state index is 0.572. The van der Waals surface area contributed by atoms with E-state index in [9.17, 15) is 0 Å². The second-order valence-corrected chi connectivity index (χ2v) is 5.48. The number of rotatable bonds is 3. The molecule has 0 aliphatic carbocycles. The van der Waals surface area contributed by atoms with Gasteiger partial charge >= 0.3 is 0 Å². The van der Waals surface area contributed by atoms with Gasteiger partial charge in [-0.1, -0.05) is 13.8 Å². The largest absolute Gasteiger partial charge is 0.465 e. The molecule has 2 N–H and O–H groups in total. The van der Waals surface area contributed by atoms with Gasteiger partial charge in [-0.05, 0) is 37.8 Å². The molecule has 2 unspecified atom stereocenters. The van der Waals surface area contributed by atoms with Gasteiger partial charge in [0.15, 0.2) is 0 Å². The molecule has 1 saturated heterocycles. The van der Waals surface area contributed by atoms with Crippen LogP contribution in [0.3, 0.4) is 0 Å². The summed E-state index contributed by atoms with van der Waals surface area (Å²) < 4.78 is 5.75. The predicted octanol–water partition coefficient (Wildman–Crippen LogP) is 2.52. The number of hydrogen-bond donors (Lipinski definition) is 1. The molecule has 1 aromatic heterocycles. The molecule has 0 radical (unpaired) electrons. The molecule has 1 aliphatic heterocycles. The first-order valence-corrected chi connectivity index (χ1v) is 6.60. The summed E-state index contributed by atoms with van der Waals surface area (Å²) in [5.74, 6) is 3.67. The Labute approximate surface area is 104 Å². The Morgan fingerprint density at radius 3 is 2.76 bits per heavy atom. The third-order valence-electron chi connectivity index (χ3n) is 4.09. The number of piperidine rings is 1. The van der Waals surface area contributed by atoms with E-state index in [1.807, 2.05) is 6.92 Å². The van der Waals surface area contributed by atoms with Gasteiger partial charge in [-0.15, -0.1) is 0 Å². The molecule has 1 fully saturated rings. The molecule has 17 heavy (non-hydrogen) atoms. The number of furan rings is 1. The molecule has 96 valence electrons. The fraction of sp³-hybridized carbons (Fsp3) is 0.714. The maximum Gasteiger partial charge on any atom is 0.118 e. The fourth-order valence-corrected chi connectivity index (χ4v) is 2.58. The Kier molecular flexibility index (Phi) is 3.89. The highest BCUT2D eigenvalue weighted by Crippen LogP contribution is 2.24. The van der Waals surface area contributed by atoms with Gasteiger partial charge in [-0.25, -0.2) is 0 Å². The van der Waals surface area contributed by atoms with E-state index in [4.69, 9.17) is 10.2 Å². The summed E-state index contributed by atoms with van der Waals surface area (Å²) in [7, 11) is 0. The van der Waals surface area contributed by atoms with Crippen molar-refractivity contribution in [3.05, 3.63) is 23.2 Å². The molecule has 0 amide bonds. The molecule has 1 aromatic rings. The average Bonchev–Trinajstić information content (AvgIpc) is 2.64. The van der Waals surface area contributed by atoms with E-state index in [0.29, 0.717) is 6.54 Å². The van der Waals surface area contributed by atoms with E-state index in [1.54, 1.807) is 0 Å². The molecule has 0 spiro atoms. The molecule has 0 saturated carbocycles. The number of nitrogens with two attached hydrogens (primary N) is 1. The van der Waals surface area contributed by atoms with Crippen LogP contribution in [-0.2, 0) is 13.1 Å². The van der Waals surface area contributed by atoms with E-state index < -0.39 is 0 Å². The summed E-state index contributed by atoms with van der Waals surface area (Å²) >= 11 is 0. The molecule has 2 atom stereocenters. The molecule has 3 nitrogen and oxygen atoms in total. The summed E-state index contributed by atoms with van der Waals surface area (Å²) in [5.41, 5.74) is 6.80. The number of aryl methyl sites for hydroxylation is 1. The number of likely N-dealkylation sites (tertiary alicyclic amines) is 1. The summed E-state index contributed by atoms with van der Waals surface area (Å²) in [6, 6.07) is 2.11. The highest BCUT2D eigenvalue weighted by molar-refractivity contribution is 5.20. The van der Waals surface area contributed by atoms with Gasteiger partial charge in [0.25, 0.3) is 0 Å². The second-order valence-electron chi connectivity index (χ2n) is 5.48. The van der Waals surface area contributed by atoms with Gasteiger partial charge in [-0.3, -0.25) is 4.90 Å². The molecule has 2 rings (SSSR count). The molecule has 3 heteroatoms. The Hall–Kier alpha value is -0.800. The van der Waals surface area contributed by atoms with Crippen LogP contribution < -0.4 is 5.73 Å². The summed E-state index contributed by atoms with van der Waals surface area (Å²) in [4.78, 5) is 2.49. The van der Waals surface area contributed by atoms with Gasteiger partial charge in [0.05, 0.1) is 6.54 Å². The van der Waals surface area contributed by atoms with Crippen molar-refractivity contribution < 1.29 is 4.42 Å². The van der Waals surface area contributed by atoms with Crippen LogP contribution in [-0.4, -0.2) is 18.0 Å². The van der Waals surface area contributed by atoms with Crippen LogP contribution in [0.15, 0.2) is 10.5 Å². The zero-order valence-electron chi connectivity index (χ0n) is 11.2. The molecule has 0 bridgehead atoms. The summed E-state index contributed by atoms with van der Waals surface area (Å²) in [6.07, 6.45) is 1.30. The van der Waals surface area contributed by atoms with Crippen molar-refractivity contribution in [3.63, 3.8) is 0 Å². The standard InChI is InChI=1S/C14H24N2O/c1-10-4-5-16(8-11(10)2)9-14-6-13(7-15)12(3)17-14/h6,10-11H,4-5,7-9,15H2,1-3H3. The molecular formula is C14H24N2O. The van der Waals surface area contributed by atoms with Crippen LogP contribution in [0.1, 0.15) is 37.4 Å². The lowest BCUT2D eigenvalue weighted by atomic mass is 9.89. The third-order valence-corrected chi connectivity index (χ3v) is 4.09. The van der Waals surface area contributed by atoms with E-state index in [0.717, 1.165) is 35.5 Å². The zero-order chi connectivity index (χ0) is 12.4. The second kappa shape index (κ2) is 5.23. The predicted molar refractivity (Wildman–Crippen MR) is 69.6 cm³/mol. The van der Waals surface area contributed by atoms with Crippen LogP contribution in [0.2, 0.25) is 0 Å². The van der Waals surface area contributed by atoms with E-state index in [1.165, 1.54) is 19.5 Å². The van der Waals surface area contributed by atoms with Gasteiger partial charge < -0.3 is 10.2 Å². The van der Waals surface area contributed by atoms with Crippen molar-refractivity contribution in [2.24, 2.45) is 17.6 Å². The van der Waals surface area contributed by atoms with Gasteiger partial charge in [-0.2, -0.15) is 0 Å². The third kappa shape index (κ3) is 2.90. The summed E-state index contributed by atoms with van der Waals surface area (Å²) in [5, 5.41) is 0. The Bertz CT molecular complexity index is 372. The average molecular weight is 236 g/mol. The van der Waals surface area contributed by atoms with E-state index in [-0.39, 0.29) is 0 Å². The lowest BCUT2D eigenvalue weighted by Gasteiger charge is -2.34. The fourth-order valence-electron chi connectivity index (χ4n) is 2.58. The quantitative estimate of drug-likeness (QED) is 0.877. The number of hydrogen-bond acceptors (Lipinski definition) is 3. The topological polar surface area (TPSA) is 42.4 Å². The summed E-state index contributed by atoms with van der Waals surface area (Å²) in [6.45, 7) is 10.6. The lowest BCUT2D eigenvalue weighted by Crippen LogP contribution is -2.37. The first-order valence-electron chi connectivity index (χ1n) is 6.60. The molecular weight excluding hydrogens is 212 g/mol. The highest BCUT2D eigenvalue weighted by atomic mass is 16.3. The van der Waals surface area contributed by atoms with Crippen molar-refractivity contribution >= 4 is 0 Å². The lowest BCUT2D eigenvalue weighted by molar-refractivity contribution is 0.124. The Morgan fingerprint density at radius 1 is 1.41 bits per heavy atom. The van der Waals surface area contributed by atoms with Crippen molar-refractivity contribution in [2.45, 2.75) is 40.3 Å². The van der Waals surface area contributed by atoms with Crippen LogP contribution in [0.25, 0.3) is 0 Å². The van der Waals surface area contributed by atoms with Crippen LogP contribution in [0.4, 0.5) is 0 Å². The number of nitrogens with zero attached hydrogens (tertiary/aromatic N) is 1. The SMILES string of the molecule is Cc1oc(CN2CCC(C)C(C)C2)cc1CN. The minimum Gasteiger partial charge on any atom is -0.465 e. The van der Waals surface area contributed by atoms with E-state index >= 15 is 0 Å². The first kappa shape index (κ1) is 12.7. The van der Waals surface area contributed by atoms with Crippen molar-refractivity contribution in [1.82, 2.24) is 4.90 Å².